The zero-order valence-electron chi connectivity index (χ0n) is 19.5. The van der Waals surface area contributed by atoms with Crippen molar-refractivity contribution in [2.75, 3.05) is 15.5 Å². The summed E-state index contributed by atoms with van der Waals surface area (Å²) >= 11 is 0. The number of rotatable bonds is 7. The maximum Gasteiger partial charge on any atom is 0.282 e. The van der Waals surface area contributed by atoms with Crippen LogP contribution < -0.4 is 15.5 Å². The average molecular weight is 454 g/mol. The molecule has 3 aromatic rings. The smallest absolute Gasteiger partial charge is 0.282 e. The molecule has 1 heterocycles. The summed E-state index contributed by atoms with van der Waals surface area (Å²) in [6.07, 6.45) is 1.78. The molecule has 6 heteroatoms. The van der Waals surface area contributed by atoms with E-state index < -0.39 is 11.8 Å². The zero-order chi connectivity index (χ0) is 24.2. The van der Waals surface area contributed by atoms with Crippen molar-refractivity contribution >= 4 is 40.4 Å². The summed E-state index contributed by atoms with van der Waals surface area (Å²) in [5.41, 5.74) is 5.28. The lowest BCUT2D eigenvalue weighted by atomic mass is 10.0. The van der Waals surface area contributed by atoms with Crippen LogP contribution in [0.2, 0.25) is 0 Å². The fourth-order valence-corrected chi connectivity index (χ4v) is 3.92. The van der Waals surface area contributed by atoms with Gasteiger partial charge in [0, 0.05) is 18.3 Å². The van der Waals surface area contributed by atoms with E-state index in [1.165, 1.54) is 17.4 Å². The van der Waals surface area contributed by atoms with Gasteiger partial charge in [-0.25, -0.2) is 4.90 Å². The van der Waals surface area contributed by atoms with Gasteiger partial charge in [0.2, 0.25) is 5.91 Å². The van der Waals surface area contributed by atoms with Gasteiger partial charge in [-0.1, -0.05) is 50.2 Å². The van der Waals surface area contributed by atoms with Crippen molar-refractivity contribution in [3.05, 3.63) is 95.2 Å². The summed E-state index contributed by atoms with van der Waals surface area (Å²) in [6, 6.07) is 22.1. The van der Waals surface area contributed by atoms with Gasteiger partial charge in [-0.3, -0.25) is 14.4 Å². The van der Waals surface area contributed by atoms with E-state index >= 15 is 0 Å². The Morgan fingerprint density at radius 3 is 1.79 bits per heavy atom. The molecule has 0 saturated carbocycles. The number of benzene rings is 3. The highest BCUT2D eigenvalue weighted by Crippen LogP contribution is 2.34. The standard InChI is InChI=1S/C28H27N3O3/c1-4-19-6-12-23(13-7-19)30-26-25(21-10-14-22(15-11-21)29-18(3)32)27(33)31(28(26)34)24-16-8-20(5-2)9-17-24/h6-17,30H,4-5H2,1-3H3,(H,29,32). The van der Waals surface area contributed by atoms with Crippen LogP contribution in [0.1, 0.15) is 37.5 Å². The van der Waals surface area contributed by atoms with Crippen molar-refractivity contribution in [3.8, 4) is 0 Å². The van der Waals surface area contributed by atoms with Crippen LogP contribution in [0.5, 0.6) is 0 Å². The minimum Gasteiger partial charge on any atom is -0.350 e. The van der Waals surface area contributed by atoms with Crippen LogP contribution in [0, 0.1) is 0 Å². The minimum absolute atomic E-state index is 0.182. The third-order valence-corrected chi connectivity index (χ3v) is 5.81. The van der Waals surface area contributed by atoms with E-state index in [1.807, 2.05) is 36.4 Å². The highest BCUT2D eigenvalue weighted by atomic mass is 16.2. The van der Waals surface area contributed by atoms with Crippen LogP contribution >= 0.6 is 0 Å². The fraction of sp³-hybridized carbons (Fsp3) is 0.179. The molecule has 1 aliphatic rings. The predicted molar refractivity (Wildman–Crippen MR) is 135 cm³/mol. The van der Waals surface area contributed by atoms with Gasteiger partial charge in [0.05, 0.1) is 11.3 Å². The van der Waals surface area contributed by atoms with Crippen LogP contribution in [0.25, 0.3) is 5.57 Å². The lowest BCUT2D eigenvalue weighted by Crippen LogP contribution is -2.32. The summed E-state index contributed by atoms with van der Waals surface area (Å²) in [6.45, 7) is 5.56. The molecule has 0 bridgehead atoms. The van der Waals surface area contributed by atoms with Crippen molar-refractivity contribution in [2.24, 2.45) is 0 Å². The van der Waals surface area contributed by atoms with Gasteiger partial charge in [-0.15, -0.1) is 0 Å². The first-order valence-electron chi connectivity index (χ1n) is 11.4. The molecule has 172 valence electrons. The Morgan fingerprint density at radius 1 is 0.735 bits per heavy atom. The Hall–Kier alpha value is -4.19. The Kier molecular flexibility index (Phi) is 6.59. The molecule has 0 aliphatic carbocycles. The number of nitrogens with one attached hydrogen (secondary N) is 2. The number of hydrogen-bond donors (Lipinski definition) is 2. The highest BCUT2D eigenvalue weighted by Gasteiger charge is 2.40. The molecule has 0 saturated heterocycles. The highest BCUT2D eigenvalue weighted by molar-refractivity contribution is 6.46. The second-order valence-electron chi connectivity index (χ2n) is 8.15. The van der Waals surface area contributed by atoms with E-state index in [4.69, 9.17) is 0 Å². The quantitative estimate of drug-likeness (QED) is 0.484. The van der Waals surface area contributed by atoms with Crippen molar-refractivity contribution < 1.29 is 14.4 Å². The molecule has 34 heavy (non-hydrogen) atoms. The molecule has 0 spiro atoms. The van der Waals surface area contributed by atoms with Crippen LogP contribution in [0.3, 0.4) is 0 Å². The van der Waals surface area contributed by atoms with Gasteiger partial charge in [0.1, 0.15) is 5.70 Å². The second-order valence-corrected chi connectivity index (χ2v) is 8.15. The number of aryl methyl sites for hydroxylation is 2. The molecular formula is C28H27N3O3. The summed E-state index contributed by atoms with van der Waals surface area (Å²) in [5.74, 6) is -0.984. The van der Waals surface area contributed by atoms with Crippen LogP contribution in [-0.2, 0) is 27.2 Å². The summed E-state index contributed by atoms with van der Waals surface area (Å²) < 4.78 is 0. The largest absolute Gasteiger partial charge is 0.350 e. The van der Waals surface area contributed by atoms with E-state index in [2.05, 4.69) is 24.5 Å². The van der Waals surface area contributed by atoms with Gasteiger partial charge in [-0.05, 0) is 65.9 Å². The Balaban J connectivity index is 1.75. The maximum absolute atomic E-state index is 13.6. The SMILES string of the molecule is CCc1ccc(NC2=C(c3ccc(NC(C)=O)cc3)C(=O)N(c3ccc(CC)cc3)C2=O)cc1. The van der Waals surface area contributed by atoms with Crippen molar-refractivity contribution in [1.82, 2.24) is 0 Å². The first-order chi connectivity index (χ1) is 16.4. The van der Waals surface area contributed by atoms with Gasteiger partial charge in [0.15, 0.2) is 0 Å². The zero-order valence-corrected chi connectivity index (χ0v) is 19.5. The predicted octanol–water partition coefficient (Wildman–Crippen LogP) is 5.17. The van der Waals surface area contributed by atoms with Gasteiger partial charge >= 0.3 is 0 Å². The molecule has 0 radical (unpaired) electrons. The monoisotopic (exact) mass is 453 g/mol. The average Bonchev–Trinajstić information content (AvgIpc) is 3.09. The van der Waals surface area contributed by atoms with E-state index in [0.717, 1.165) is 24.1 Å². The third-order valence-electron chi connectivity index (χ3n) is 5.81. The summed E-state index contributed by atoms with van der Waals surface area (Å²) in [7, 11) is 0. The molecule has 0 atom stereocenters. The van der Waals surface area contributed by atoms with Crippen LogP contribution in [0.15, 0.2) is 78.5 Å². The fourth-order valence-electron chi connectivity index (χ4n) is 3.92. The van der Waals surface area contributed by atoms with E-state index in [9.17, 15) is 14.4 Å². The molecule has 0 unspecified atom stereocenters. The van der Waals surface area contributed by atoms with Gasteiger partial charge in [0.25, 0.3) is 11.8 Å². The number of anilines is 3. The summed E-state index contributed by atoms with van der Waals surface area (Å²) in [4.78, 5) is 39.7. The first kappa shape index (κ1) is 23.0. The molecule has 6 nitrogen and oxygen atoms in total. The molecule has 3 aromatic carbocycles. The van der Waals surface area contributed by atoms with Crippen molar-refractivity contribution in [3.63, 3.8) is 0 Å². The summed E-state index contributed by atoms with van der Waals surface area (Å²) in [5, 5.41) is 5.90. The molecular weight excluding hydrogens is 426 g/mol. The second kappa shape index (κ2) is 9.75. The molecule has 0 fully saturated rings. The minimum atomic E-state index is -0.408. The Morgan fingerprint density at radius 2 is 1.26 bits per heavy atom. The third kappa shape index (κ3) is 4.62. The van der Waals surface area contributed by atoms with E-state index in [0.29, 0.717) is 22.5 Å². The first-order valence-corrected chi connectivity index (χ1v) is 11.4. The molecule has 2 N–H and O–H groups in total. The van der Waals surface area contributed by atoms with Gasteiger partial charge in [-0.2, -0.15) is 0 Å². The van der Waals surface area contributed by atoms with E-state index in [-0.39, 0.29) is 11.6 Å². The lowest BCUT2D eigenvalue weighted by molar-refractivity contribution is -0.120. The van der Waals surface area contributed by atoms with Crippen molar-refractivity contribution in [2.45, 2.75) is 33.6 Å². The molecule has 4 rings (SSSR count). The van der Waals surface area contributed by atoms with Gasteiger partial charge < -0.3 is 10.6 Å². The number of imide groups is 1. The lowest BCUT2D eigenvalue weighted by Gasteiger charge is -2.16. The molecule has 3 amide bonds. The Labute approximate surface area is 199 Å². The number of amides is 3. The van der Waals surface area contributed by atoms with Crippen LogP contribution in [0.4, 0.5) is 17.1 Å². The molecule has 0 aromatic heterocycles. The number of carbonyl (C=O) groups excluding carboxylic acids is 3. The van der Waals surface area contributed by atoms with Crippen molar-refractivity contribution in [1.29, 1.82) is 0 Å². The number of carbonyl (C=O) groups is 3. The number of hydrogen-bond acceptors (Lipinski definition) is 4. The molecule has 1 aliphatic heterocycles. The number of nitrogens with zero attached hydrogens (tertiary/aromatic N) is 1. The van der Waals surface area contributed by atoms with E-state index in [1.54, 1.807) is 36.4 Å². The normalized spacial score (nSPS) is 13.4. The van der Waals surface area contributed by atoms with Crippen LogP contribution in [-0.4, -0.2) is 17.7 Å². The maximum atomic E-state index is 13.6. The Bertz CT molecular complexity index is 1260. The topological polar surface area (TPSA) is 78.5 Å².